The number of hydrogen-bond acceptors (Lipinski definition) is 4. The van der Waals surface area contributed by atoms with Crippen LogP contribution in [0.2, 0.25) is 0 Å². The van der Waals surface area contributed by atoms with Crippen LogP contribution in [0.5, 0.6) is 0 Å². The molecule has 0 unspecified atom stereocenters. The molecule has 19 heavy (non-hydrogen) atoms. The molecule has 0 bridgehead atoms. The summed E-state index contributed by atoms with van der Waals surface area (Å²) in [5.41, 5.74) is 1.55. The summed E-state index contributed by atoms with van der Waals surface area (Å²) in [6.07, 6.45) is 1.34. The van der Waals surface area contributed by atoms with Crippen LogP contribution in [0.3, 0.4) is 0 Å². The van der Waals surface area contributed by atoms with E-state index in [9.17, 15) is 18.5 Å². The second-order valence-electron chi connectivity index (χ2n) is 4.48. The van der Waals surface area contributed by atoms with Gasteiger partial charge in [0.25, 0.3) is 15.8 Å². The highest BCUT2D eigenvalue weighted by molar-refractivity contribution is 7.85. The molecule has 0 aromatic heterocycles. The molecule has 0 saturated carbocycles. The maximum Gasteiger partial charge on any atom is 0.294 e. The lowest BCUT2D eigenvalue weighted by Gasteiger charge is -2.05. The van der Waals surface area contributed by atoms with Crippen molar-refractivity contribution in [1.82, 2.24) is 0 Å². The van der Waals surface area contributed by atoms with Gasteiger partial charge in [-0.25, -0.2) is 0 Å². The number of benzene rings is 2. The van der Waals surface area contributed by atoms with E-state index in [4.69, 9.17) is 4.55 Å². The Morgan fingerprint density at radius 3 is 2.47 bits per heavy atom. The summed E-state index contributed by atoms with van der Waals surface area (Å²) in [6, 6.07) is 5.63. The summed E-state index contributed by atoms with van der Waals surface area (Å²) in [7, 11) is -4.37. The van der Waals surface area contributed by atoms with Gasteiger partial charge in [-0.3, -0.25) is 14.7 Å². The molecule has 0 heterocycles. The molecule has 3 rings (SSSR count). The molecule has 1 aliphatic carbocycles. The fraction of sp³-hybridized carbons (Fsp3) is 0.167. The summed E-state index contributed by atoms with van der Waals surface area (Å²) in [5.74, 6) is 0. The molecule has 0 amide bonds. The average molecular weight is 279 g/mol. The lowest BCUT2D eigenvalue weighted by atomic mass is 10.0. The van der Waals surface area contributed by atoms with E-state index in [0.717, 1.165) is 22.9 Å². The van der Waals surface area contributed by atoms with Crippen LogP contribution in [0.25, 0.3) is 10.8 Å². The Morgan fingerprint density at radius 2 is 1.84 bits per heavy atom. The highest BCUT2D eigenvalue weighted by Crippen LogP contribution is 2.37. The monoisotopic (exact) mass is 279 g/mol. The van der Waals surface area contributed by atoms with Crippen molar-refractivity contribution < 1.29 is 17.9 Å². The molecule has 1 N–H and O–H groups in total. The van der Waals surface area contributed by atoms with E-state index in [0.29, 0.717) is 6.42 Å². The van der Waals surface area contributed by atoms with Gasteiger partial charge in [0.05, 0.1) is 15.2 Å². The first-order valence-corrected chi connectivity index (χ1v) is 7.02. The molecule has 2 aromatic rings. The largest absolute Gasteiger partial charge is 0.294 e. The first-order chi connectivity index (χ1) is 8.88. The summed E-state index contributed by atoms with van der Waals surface area (Å²) >= 11 is 0. The first-order valence-electron chi connectivity index (χ1n) is 5.58. The Morgan fingerprint density at radius 1 is 1.16 bits per heavy atom. The highest BCUT2D eigenvalue weighted by Gasteiger charge is 2.24. The quantitative estimate of drug-likeness (QED) is 0.515. The van der Waals surface area contributed by atoms with Crippen LogP contribution in [-0.4, -0.2) is 17.9 Å². The summed E-state index contributed by atoms with van der Waals surface area (Å²) in [5, 5.41) is 12.0. The minimum absolute atomic E-state index is 0.146. The zero-order valence-electron chi connectivity index (χ0n) is 9.66. The number of aryl methyl sites for hydroxylation is 2. The maximum absolute atomic E-state index is 11.2. The van der Waals surface area contributed by atoms with E-state index < -0.39 is 15.0 Å². The number of nitrogens with zero attached hydrogens (tertiary/aromatic N) is 1. The van der Waals surface area contributed by atoms with E-state index >= 15 is 0 Å². The third kappa shape index (κ3) is 1.78. The van der Waals surface area contributed by atoms with Gasteiger partial charge < -0.3 is 0 Å². The summed E-state index contributed by atoms with van der Waals surface area (Å²) < 4.78 is 31.6. The predicted octanol–water partition coefficient (Wildman–Crippen LogP) is 2.09. The van der Waals surface area contributed by atoms with Crippen molar-refractivity contribution in [1.29, 1.82) is 0 Å². The van der Waals surface area contributed by atoms with Crippen LogP contribution < -0.4 is 0 Å². The Balaban J connectivity index is 2.48. The molecule has 0 radical (unpaired) electrons. The molecule has 0 spiro atoms. The summed E-state index contributed by atoms with van der Waals surface area (Å²) in [6.45, 7) is 0. The van der Waals surface area contributed by atoms with Crippen molar-refractivity contribution in [3.8, 4) is 0 Å². The maximum atomic E-state index is 11.2. The fourth-order valence-electron chi connectivity index (χ4n) is 2.59. The van der Waals surface area contributed by atoms with Crippen LogP contribution in [-0.2, 0) is 23.0 Å². The normalized spacial score (nSPS) is 13.9. The second-order valence-corrected chi connectivity index (χ2v) is 5.90. The van der Waals surface area contributed by atoms with Gasteiger partial charge in [-0.2, -0.15) is 8.42 Å². The van der Waals surface area contributed by atoms with E-state index in [2.05, 4.69) is 0 Å². The van der Waals surface area contributed by atoms with E-state index in [1.54, 1.807) is 6.07 Å². The number of rotatable bonds is 2. The van der Waals surface area contributed by atoms with Crippen molar-refractivity contribution in [2.24, 2.45) is 0 Å². The Hall–Kier alpha value is -1.99. The van der Waals surface area contributed by atoms with Gasteiger partial charge in [0, 0.05) is 6.07 Å². The van der Waals surface area contributed by atoms with Crippen LogP contribution in [0.15, 0.2) is 29.2 Å². The molecule has 98 valence electrons. The van der Waals surface area contributed by atoms with Gasteiger partial charge in [0.15, 0.2) is 0 Å². The smallest absolute Gasteiger partial charge is 0.282 e. The number of hydrogen-bond donors (Lipinski definition) is 1. The van der Waals surface area contributed by atoms with Crippen LogP contribution in [0, 0.1) is 10.1 Å². The average Bonchev–Trinajstić information content (AvgIpc) is 2.73. The molecule has 2 aromatic carbocycles. The highest BCUT2D eigenvalue weighted by atomic mass is 32.2. The predicted molar refractivity (Wildman–Crippen MR) is 67.8 cm³/mol. The number of non-ortho nitro benzene ring substituents is 1. The van der Waals surface area contributed by atoms with Gasteiger partial charge in [-0.1, -0.05) is 6.07 Å². The molecule has 6 nitrogen and oxygen atoms in total. The second kappa shape index (κ2) is 3.75. The van der Waals surface area contributed by atoms with Crippen molar-refractivity contribution in [2.45, 2.75) is 17.7 Å². The van der Waals surface area contributed by atoms with Crippen molar-refractivity contribution in [3.63, 3.8) is 0 Å². The van der Waals surface area contributed by atoms with E-state index in [1.807, 2.05) is 0 Å². The molecule has 0 saturated heterocycles. The molecule has 0 atom stereocenters. The Kier molecular flexibility index (Phi) is 2.38. The molecule has 7 heteroatoms. The van der Waals surface area contributed by atoms with Crippen molar-refractivity contribution in [3.05, 3.63) is 45.5 Å². The third-order valence-electron chi connectivity index (χ3n) is 3.39. The van der Waals surface area contributed by atoms with Crippen LogP contribution in [0.1, 0.15) is 11.1 Å². The lowest BCUT2D eigenvalue weighted by molar-refractivity contribution is -0.383. The van der Waals surface area contributed by atoms with Gasteiger partial charge >= 0.3 is 0 Å². The molecule has 0 aliphatic heterocycles. The zero-order valence-corrected chi connectivity index (χ0v) is 10.5. The fourth-order valence-corrected chi connectivity index (χ4v) is 3.15. The number of nitro benzene ring substituents is 1. The van der Waals surface area contributed by atoms with E-state index in [-0.39, 0.29) is 16.0 Å². The SMILES string of the molecule is O=[N+]([O-])c1ccc2c3c(cc(S(=O)(=O)O)cc13)CC2. The number of nitro groups is 1. The Labute approximate surface area is 108 Å². The van der Waals surface area contributed by atoms with Crippen LogP contribution in [0.4, 0.5) is 5.69 Å². The molecule has 0 fully saturated rings. The minimum atomic E-state index is -4.37. The topological polar surface area (TPSA) is 97.5 Å². The molecular formula is C12H9NO5S. The van der Waals surface area contributed by atoms with Crippen LogP contribution >= 0.6 is 0 Å². The zero-order chi connectivity index (χ0) is 13.8. The van der Waals surface area contributed by atoms with E-state index in [1.165, 1.54) is 18.2 Å². The lowest BCUT2D eigenvalue weighted by Crippen LogP contribution is -2.00. The third-order valence-corrected chi connectivity index (χ3v) is 4.22. The van der Waals surface area contributed by atoms with Crippen molar-refractivity contribution in [2.75, 3.05) is 0 Å². The van der Waals surface area contributed by atoms with Gasteiger partial charge in [-0.15, -0.1) is 0 Å². The standard InChI is InChI=1S/C12H9NO5S/c14-13(15)11-4-3-7-1-2-8-5-9(19(16,17)18)6-10(11)12(7)8/h3-6H,1-2H2,(H,16,17,18). The first kappa shape index (κ1) is 12.1. The minimum Gasteiger partial charge on any atom is -0.282 e. The Bertz CT molecular complexity index is 826. The van der Waals surface area contributed by atoms with Gasteiger partial charge in [-0.05, 0) is 41.5 Å². The van der Waals surface area contributed by atoms with Gasteiger partial charge in [0.2, 0.25) is 0 Å². The van der Waals surface area contributed by atoms with Crippen molar-refractivity contribution >= 4 is 26.6 Å². The van der Waals surface area contributed by atoms with Gasteiger partial charge in [0.1, 0.15) is 0 Å². The molecular weight excluding hydrogens is 270 g/mol. The summed E-state index contributed by atoms with van der Waals surface area (Å²) in [4.78, 5) is 10.2. The molecule has 1 aliphatic rings.